The molecule has 1 aliphatic rings. The molecule has 0 aromatic heterocycles. The first-order chi connectivity index (χ1) is 13.3. The molecule has 2 aromatic carbocycles. The number of piperidine rings is 1. The van der Waals surface area contributed by atoms with Crippen molar-refractivity contribution in [2.24, 2.45) is 0 Å². The average molecular weight is 391 g/mol. The molecule has 0 bridgehead atoms. The third-order valence-corrected chi connectivity index (χ3v) is 5.10. The monoisotopic (exact) mass is 391 g/mol. The zero-order valence-corrected chi connectivity index (χ0v) is 15.7. The van der Waals surface area contributed by atoms with Crippen molar-refractivity contribution in [3.8, 4) is 5.75 Å². The molecule has 3 atom stereocenters. The van der Waals surface area contributed by atoms with Crippen LogP contribution < -0.4 is 10.1 Å². The standard InChI is InChI=1S/C22H24F3NO2/c1-15(27)20-9-5-8-18(26-20)14-21(16-6-3-2-4-7-16)28-19-12-10-17(11-13-19)22(23,24)25/h2-4,6-7,10-13,18,20-21,26H,5,8-9,14H2,1H3. The Morgan fingerprint density at radius 1 is 1.11 bits per heavy atom. The number of alkyl halides is 3. The summed E-state index contributed by atoms with van der Waals surface area (Å²) in [6.07, 6.45) is -1.32. The lowest BCUT2D eigenvalue weighted by atomic mass is 9.91. The summed E-state index contributed by atoms with van der Waals surface area (Å²) < 4.78 is 44.4. The van der Waals surface area contributed by atoms with E-state index in [4.69, 9.17) is 4.74 Å². The molecule has 1 aliphatic heterocycles. The van der Waals surface area contributed by atoms with Crippen LogP contribution >= 0.6 is 0 Å². The van der Waals surface area contributed by atoms with Crippen LogP contribution in [0, 0.1) is 0 Å². The van der Waals surface area contributed by atoms with E-state index in [1.807, 2.05) is 30.3 Å². The highest BCUT2D eigenvalue weighted by Crippen LogP contribution is 2.33. The number of hydrogen-bond donors (Lipinski definition) is 1. The van der Waals surface area contributed by atoms with Crippen LogP contribution in [0.3, 0.4) is 0 Å². The first kappa shape index (κ1) is 20.4. The maximum Gasteiger partial charge on any atom is 0.416 e. The maximum absolute atomic E-state index is 12.8. The summed E-state index contributed by atoms with van der Waals surface area (Å²) in [5.74, 6) is 0.519. The number of hydrogen-bond acceptors (Lipinski definition) is 3. The van der Waals surface area contributed by atoms with E-state index in [9.17, 15) is 18.0 Å². The second kappa shape index (κ2) is 8.78. The summed E-state index contributed by atoms with van der Waals surface area (Å²) in [4.78, 5) is 11.7. The van der Waals surface area contributed by atoms with E-state index in [1.165, 1.54) is 12.1 Å². The van der Waals surface area contributed by atoms with Gasteiger partial charge in [0.15, 0.2) is 0 Å². The van der Waals surface area contributed by atoms with E-state index in [2.05, 4.69) is 5.32 Å². The zero-order chi connectivity index (χ0) is 20.1. The van der Waals surface area contributed by atoms with Gasteiger partial charge in [0.05, 0.1) is 11.6 Å². The second-order valence-electron chi connectivity index (χ2n) is 7.23. The Morgan fingerprint density at radius 2 is 1.79 bits per heavy atom. The highest BCUT2D eigenvalue weighted by Gasteiger charge is 2.31. The lowest BCUT2D eigenvalue weighted by molar-refractivity contribution is -0.137. The molecule has 0 radical (unpaired) electrons. The van der Waals surface area contributed by atoms with Crippen LogP contribution in [-0.2, 0) is 11.0 Å². The number of benzene rings is 2. The van der Waals surface area contributed by atoms with Crippen molar-refractivity contribution < 1.29 is 22.7 Å². The van der Waals surface area contributed by atoms with Crippen molar-refractivity contribution in [1.29, 1.82) is 0 Å². The van der Waals surface area contributed by atoms with Crippen LogP contribution in [-0.4, -0.2) is 17.9 Å². The predicted molar refractivity (Wildman–Crippen MR) is 101 cm³/mol. The number of carbonyl (C=O) groups is 1. The van der Waals surface area contributed by atoms with Gasteiger partial charge in [0.2, 0.25) is 0 Å². The van der Waals surface area contributed by atoms with Gasteiger partial charge in [0, 0.05) is 12.5 Å². The Labute approximate surface area is 162 Å². The van der Waals surface area contributed by atoms with Crippen LogP contribution in [0.5, 0.6) is 5.75 Å². The molecule has 0 saturated carbocycles. The third kappa shape index (κ3) is 5.35. The molecule has 0 spiro atoms. The molecule has 1 saturated heterocycles. The molecule has 1 heterocycles. The number of ketones is 1. The van der Waals surface area contributed by atoms with Gasteiger partial charge in [0.25, 0.3) is 0 Å². The summed E-state index contributed by atoms with van der Waals surface area (Å²) in [7, 11) is 0. The van der Waals surface area contributed by atoms with E-state index in [0.29, 0.717) is 12.2 Å². The van der Waals surface area contributed by atoms with Crippen molar-refractivity contribution in [2.75, 3.05) is 0 Å². The summed E-state index contributed by atoms with van der Waals surface area (Å²) in [6, 6.07) is 14.4. The predicted octanol–water partition coefficient (Wildman–Crippen LogP) is 5.32. The first-order valence-electron chi connectivity index (χ1n) is 9.48. The van der Waals surface area contributed by atoms with Gasteiger partial charge in [0.1, 0.15) is 17.6 Å². The van der Waals surface area contributed by atoms with E-state index >= 15 is 0 Å². The number of nitrogens with one attached hydrogen (secondary N) is 1. The van der Waals surface area contributed by atoms with Crippen molar-refractivity contribution in [3.05, 3.63) is 65.7 Å². The highest BCUT2D eigenvalue weighted by molar-refractivity contribution is 5.81. The van der Waals surface area contributed by atoms with Gasteiger partial charge < -0.3 is 10.1 Å². The summed E-state index contributed by atoms with van der Waals surface area (Å²) in [6.45, 7) is 1.59. The molecular weight excluding hydrogens is 367 g/mol. The quantitative estimate of drug-likeness (QED) is 0.725. The molecule has 0 aliphatic carbocycles. The molecule has 0 amide bonds. The summed E-state index contributed by atoms with van der Waals surface area (Å²) >= 11 is 0. The number of Topliss-reactive ketones (excluding diaryl/α,β-unsaturated/α-hetero) is 1. The molecule has 6 heteroatoms. The second-order valence-corrected chi connectivity index (χ2v) is 7.23. The van der Waals surface area contributed by atoms with Gasteiger partial charge >= 0.3 is 6.18 Å². The molecule has 3 unspecified atom stereocenters. The minimum atomic E-state index is -4.37. The van der Waals surface area contributed by atoms with E-state index < -0.39 is 11.7 Å². The minimum absolute atomic E-state index is 0.113. The summed E-state index contributed by atoms with van der Waals surface area (Å²) in [5.41, 5.74) is 0.253. The molecule has 1 N–H and O–H groups in total. The smallest absolute Gasteiger partial charge is 0.416 e. The van der Waals surface area contributed by atoms with Crippen LogP contribution in [0.15, 0.2) is 54.6 Å². The topological polar surface area (TPSA) is 38.3 Å². The van der Waals surface area contributed by atoms with Crippen molar-refractivity contribution >= 4 is 5.78 Å². The zero-order valence-electron chi connectivity index (χ0n) is 15.7. The molecule has 28 heavy (non-hydrogen) atoms. The minimum Gasteiger partial charge on any atom is -0.486 e. The maximum atomic E-state index is 12.8. The van der Waals surface area contributed by atoms with Crippen molar-refractivity contribution in [3.63, 3.8) is 0 Å². The van der Waals surface area contributed by atoms with E-state index in [0.717, 1.165) is 37.0 Å². The molecule has 3 nitrogen and oxygen atoms in total. The van der Waals surface area contributed by atoms with Gasteiger partial charge in [-0.3, -0.25) is 4.79 Å². The lowest BCUT2D eigenvalue weighted by Gasteiger charge is -2.32. The van der Waals surface area contributed by atoms with Gasteiger partial charge in [-0.05, 0) is 56.0 Å². The largest absolute Gasteiger partial charge is 0.486 e. The fourth-order valence-corrected chi connectivity index (χ4v) is 3.59. The molecule has 150 valence electrons. The van der Waals surface area contributed by atoms with Crippen LogP contribution in [0.4, 0.5) is 13.2 Å². The number of rotatable bonds is 6. The van der Waals surface area contributed by atoms with Gasteiger partial charge in [-0.15, -0.1) is 0 Å². The van der Waals surface area contributed by atoms with Crippen molar-refractivity contribution in [2.45, 2.75) is 57.0 Å². The molecule has 3 rings (SSSR count). The molecule has 2 aromatic rings. The Bertz CT molecular complexity index is 775. The Morgan fingerprint density at radius 3 is 2.39 bits per heavy atom. The molecular formula is C22H24F3NO2. The van der Waals surface area contributed by atoms with Crippen LogP contribution in [0.1, 0.15) is 49.8 Å². The van der Waals surface area contributed by atoms with E-state index in [-0.39, 0.29) is 24.0 Å². The number of ether oxygens (including phenoxy) is 1. The number of carbonyl (C=O) groups excluding carboxylic acids is 1. The fraction of sp³-hybridized carbons (Fsp3) is 0.409. The van der Waals surface area contributed by atoms with E-state index in [1.54, 1.807) is 6.92 Å². The average Bonchev–Trinajstić information content (AvgIpc) is 2.68. The van der Waals surface area contributed by atoms with Gasteiger partial charge in [-0.25, -0.2) is 0 Å². The molecule has 1 fully saturated rings. The first-order valence-corrected chi connectivity index (χ1v) is 9.48. The highest BCUT2D eigenvalue weighted by atomic mass is 19.4. The Hall–Kier alpha value is -2.34. The van der Waals surface area contributed by atoms with Gasteiger partial charge in [-0.1, -0.05) is 30.3 Å². The van der Waals surface area contributed by atoms with Crippen LogP contribution in [0.2, 0.25) is 0 Å². The van der Waals surface area contributed by atoms with Crippen molar-refractivity contribution in [1.82, 2.24) is 5.32 Å². The third-order valence-electron chi connectivity index (χ3n) is 5.10. The Kier molecular flexibility index (Phi) is 6.39. The van der Waals surface area contributed by atoms with Crippen LogP contribution in [0.25, 0.3) is 0 Å². The fourth-order valence-electron chi connectivity index (χ4n) is 3.59. The lowest BCUT2D eigenvalue weighted by Crippen LogP contribution is -2.46. The SMILES string of the molecule is CC(=O)C1CCCC(CC(Oc2ccc(C(F)(F)F)cc2)c2ccccc2)N1. The number of halogens is 3. The van der Waals surface area contributed by atoms with Gasteiger partial charge in [-0.2, -0.15) is 13.2 Å². The normalized spacial score (nSPS) is 21.1. The summed E-state index contributed by atoms with van der Waals surface area (Å²) in [5, 5.41) is 3.39. The Balaban J connectivity index is 1.75.